The Kier molecular flexibility index (Phi) is 5.39. The molecule has 1 aromatic carbocycles. The summed E-state index contributed by atoms with van der Waals surface area (Å²) in [5, 5.41) is 4.54. The van der Waals surface area contributed by atoms with Crippen LogP contribution in [0.15, 0.2) is 30.3 Å². The summed E-state index contributed by atoms with van der Waals surface area (Å²) >= 11 is 0. The molecular formula is C17H25N3O. The predicted molar refractivity (Wildman–Crippen MR) is 89.2 cm³/mol. The Balaban J connectivity index is 2.15. The van der Waals surface area contributed by atoms with Crippen LogP contribution in [-0.4, -0.2) is 43.7 Å². The number of hydrogen-bond acceptors (Lipinski definition) is 4. The zero-order valence-electron chi connectivity index (χ0n) is 13.4. The number of pyridine rings is 1. The van der Waals surface area contributed by atoms with E-state index < -0.39 is 0 Å². The Labute approximate surface area is 127 Å². The van der Waals surface area contributed by atoms with Crippen LogP contribution in [0, 0.1) is 0 Å². The molecule has 0 unspecified atom stereocenters. The molecule has 0 bridgehead atoms. The van der Waals surface area contributed by atoms with E-state index in [0.29, 0.717) is 6.04 Å². The first-order valence-corrected chi connectivity index (χ1v) is 7.49. The minimum Gasteiger partial charge on any atom is -0.494 e. The topological polar surface area (TPSA) is 37.4 Å². The predicted octanol–water partition coefficient (Wildman–Crippen LogP) is 3.39. The Hall–Kier alpha value is -1.81. The maximum absolute atomic E-state index is 5.39. The van der Waals surface area contributed by atoms with Gasteiger partial charge >= 0.3 is 0 Å². The Morgan fingerprint density at radius 3 is 2.71 bits per heavy atom. The highest BCUT2D eigenvalue weighted by molar-refractivity contribution is 5.85. The van der Waals surface area contributed by atoms with Gasteiger partial charge < -0.3 is 15.0 Å². The third-order valence-electron chi connectivity index (χ3n) is 3.77. The lowest BCUT2D eigenvalue weighted by molar-refractivity contribution is 0.288. The monoisotopic (exact) mass is 287 g/mol. The zero-order chi connectivity index (χ0) is 15.2. The number of nitrogens with zero attached hydrogens (tertiary/aromatic N) is 2. The van der Waals surface area contributed by atoms with Crippen molar-refractivity contribution in [3.8, 4) is 5.75 Å². The molecule has 0 aliphatic rings. The number of aromatic nitrogens is 1. The van der Waals surface area contributed by atoms with E-state index in [-0.39, 0.29) is 0 Å². The smallest absolute Gasteiger partial charge is 0.145 e. The van der Waals surface area contributed by atoms with Gasteiger partial charge in [-0.3, -0.25) is 0 Å². The number of methoxy groups -OCH3 is 1. The summed E-state index contributed by atoms with van der Waals surface area (Å²) in [5.74, 6) is 1.71. The van der Waals surface area contributed by atoms with Crippen LogP contribution in [0.4, 0.5) is 5.82 Å². The summed E-state index contributed by atoms with van der Waals surface area (Å²) in [6, 6.07) is 10.6. The van der Waals surface area contributed by atoms with Crippen LogP contribution in [0.1, 0.15) is 19.8 Å². The van der Waals surface area contributed by atoms with Gasteiger partial charge in [0.15, 0.2) is 0 Å². The van der Waals surface area contributed by atoms with E-state index >= 15 is 0 Å². The molecule has 4 nitrogen and oxygen atoms in total. The van der Waals surface area contributed by atoms with Crippen LogP contribution in [0.5, 0.6) is 5.75 Å². The fraction of sp³-hybridized carbons (Fsp3) is 0.471. The van der Waals surface area contributed by atoms with Gasteiger partial charge in [0, 0.05) is 18.0 Å². The summed E-state index contributed by atoms with van der Waals surface area (Å²) in [5.41, 5.74) is 0.905. The molecule has 1 N–H and O–H groups in total. The van der Waals surface area contributed by atoms with Crippen LogP contribution in [0.25, 0.3) is 10.9 Å². The number of benzene rings is 1. The molecule has 0 saturated carbocycles. The molecule has 0 aliphatic carbocycles. The molecule has 0 amide bonds. The van der Waals surface area contributed by atoms with E-state index in [0.717, 1.165) is 29.0 Å². The second-order valence-electron chi connectivity index (χ2n) is 5.52. The molecule has 0 spiro atoms. The van der Waals surface area contributed by atoms with E-state index in [4.69, 9.17) is 4.74 Å². The maximum Gasteiger partial charge on any atom is 0.145 e. The van der Waals surface area contributed by atoms with Gasteiger partial charge in [0.1, 0.15) is 17.1 Å². The van der Waals surface area contributed by atoms with Gasteiger partial charge in [-0.25, -0.2) is 4.98 Å². The number of hydrogen-bond donors (Lipinski definition) is 1. The van der Waals surface area contributed by atoms with Crippen molar-refractivity contribution < 1.29 is 4.74 Å². The standard InChI is InChI=1S/C17H25N3O/c1-5-7-14(20(2)3)12-18-16-11-10-13-8-6-9-15(21-4)17(13)19-16/h6,8-11,14H,5,7,12H2,1-4H3,(H,18,19)/t14-/m1/s1. The molecule has 1 atom stereocenters. The van der Waals surface area contributed by atoms with Gasteiger partial charge in [-0.05, 0) is 38.7 Å². The highest BCUT2D eigenvalue weighted by Gasteiger charge is 2.10. The summed E-state index contributed by atoms with van der Waals surface area (Å²) in [6.45, 7) is 3.12. The molecule has 114 valence electrons. The molecule has 0 saturated heterocycles. The van der Waals surface area contributed by atoms with Crippen LogP contribution in [0.2, 0.25) is 0 Å². The van der Waals surface area contributed by atoms with Gasteiger partial charge in [0.05, 0.1) is 7.11 Å². The van der Waals surface area contributed by atoms with Gasteiger partial charge in [0.2, 0.25) is 0 Å². The van der Waals surface area contributed by atoms with E-state index in [1.165, 1.54) is 12.8 Å². The lowest BCUT2D eigenvalue weighted by Crippen LogP contribution is -2.34. The molecule has 0 aliphatic heterocycles. The lowest BCUT2D eigenvalue weighted by Gasteiger charge is -2.24. The van der Waals surface area contributed by atoms with Crippen molar-refractivity contribution in [2.75, 3.05) is 33.1 Å². The molecule has 4 heteroatoms. The van der Waals surface area contributed by atoms with Crippen LogP contribution in [-0.2, 0) is 0 Å². The molecule has 1 heterocycles. The lowest BCUT2D eigenvalue weighted by atomic mass is 10.1. The number of rotatable bonds is 7. The number of fused-ring (bicyclic) bond motifs is 1. The first-order chi connectivity index (χ1) is 10.2. The number of likely N-dealkylation sites (N-methyl/N-ethyl adjacent to an activating group) is 1. The summed E-state index contributed by atoms with van der Waals surface area (Å²) < 4.78 is 5.39. The minimum atomic E-state index is 0.519. The van der Waals surface area contributed by atoms with Gasteiger partial charge in [-0.1, -0.05) is 25.5 Å². The molecule has 21 heavy (non-hydrogen) atoms. The van der Waals surface area contributed by atoms with Gasteiger partial charge in [-0.15, -0.1) is 0 Å². The van der Waals surface area contributed by atoms with Crippen molar-refractivity contribution in [3.05, 3.63) is 30.3 Å². The van der Waals surface area contributed by atoms with Crippen LogP contribution < -0.4 is 10.1 Å². The first kappa shape index (κ1) is 15.6. The molecular weight excluding hydrogens is 262 g/mol. The normalized spacial score (nSPS) is 12.6. The second-order valence-corrected chi connectivity index (χ2v) is 5.52. The molecule has 2 rings (SSSR count). The average Bonchev–Trinajstić information content (AvgIpc) is 2.50. The number of para-hydroxylation sites is 1. The van der Waals surface area contributed by atoms with Crippen molar-refractivity contribution in [2.24, 2.45) is 0 Å². The Morgan fingerprint density at radius 1 is 1.24 bits per heavy atom. The largest absolute Gasteiger partial charge is 0.494 e. The number of nitrogens with one attached hydrogen (secondary N) is 1. The Morgan fingerprint density at radius 2 is 2.05 bits per heavy atom. The summed E-state index contributed by atoms with van der Waals surface area (Å²) in [6.07, 6.45) is 2.36. The fourth-order valence-corrected chi connectivity index (χ4v) is 2.48. The van der Waals surface area contributed by atoms with E-state index in [1.807, 2.05) is 24.3 Å². The second kappa shape index (κ2) is 7.27. The Bertz CT molecular complexity index is 583. The van der Waals surface area contributed by atoms with Crippen molar-refractivity contribution in [3.63, 3.8) is 0 Å². The van der Waals surface area contributed by atoms with Crippen LogP contribution in [0.3, 0.4) is 0 Å². The first-order valence-electron chi connectivity index (χ1n) is 7.49. The fourth-order valence-electron chi connectivity index (χ4n) is 2.48. The maximum atomic E-state index is 5.39. The third kappa shape index (κ3) is 3.85. The molecule has 0 fully saturated rings. The number of anilines is 1. The summed E-state index contributed by atoms with van der Waals surface area (Å²) in [4.78, 5) is 6.94. The summed E-state index contributed by atoms with van der Waals surface area (Å²) in [7, 11) is 5.93. The molecule has 1 aromatic heterocycles. The van der Waals surface area contributed by atoms with Crippen molar-refractivity contribution in [2.45, 2.75) is 25.8 Å². The van der Waals surface area contributed by atoms with Gasteiger partial charge in [-0.2, -0.15) is 0 Å². The third-order valence-corrected chi connectivity index (χ3v) is 3.77. The van der Waals surface area contributed by atoms with E-state index in [2.05, 4.69) is 42.3 Å². The van der Waals surface area contributed by atoms with Gasteiger partial charge in [0.25, 0.3) is 0 Å². The SMILES string of the molecule is CCC[C@H](CNc1ccc2cccc(OC)c2n1)N(C)C. The molecule has 2 aromatic rings. The number of ether oxygens (including phenoxy) is 1. The minimum absolute atomic E-state index is 0.519. The van der Waals surface area contributed by atoms with Crippen LogP contribution >= 0.6 is 0 Å². The molecule has 0 radical (unpaired) electrons. The average molecular weight is 287 g/mol. The van der Waals surface area contributed by atoms with E-state index in [9.17, 15) is 0 Å². The highest BCUT2D eigenvalue weighted by atomic mass is 16.5. The van der Waals surface area contributed by atoms with Crippen molar-refractivity contribution >= 4 is 16.7 Å². The zero-order valence-corrected chi connectivity index (χ0v) is 13.4. The van der Waals surface area contributed by atoms with E-state index in [1.54, 1.807) is 7.11 Å². The quantitative estimate of drug-likeness (QED) is 0.847. The van der Waals surface area contributed by atoms with Crippen molar-refractivity contribution in [1.82, 2.24) is 9.88 Å². The highest BCUT2D eigenvalue weighted by Crippen LogP contribution is 2.24. The van der Waals surface area contributed by atoms with Crippen molar-refractivity contribution in [1.29, 1.82) is 0 Å².